The first-order chi connectivity index (χ1) is 16.0. The van der Waals surface area contributed by atoms with Gasteiger partial charge in [-0.3, -0.25) is 14.9 Å². The van der Waals surface area contributed by atoms with Crippen LogP contribution < -0.4 is 20.3 Å². The van der Waals surface area contributed by atoms with Crippen molar-refractivity contribution in [2.24, 2.45) is 0 Å². The summed E-state index contributed by atoms with van der Waals surface area (Å²) in [6, 6.07) is 2.61. The molecule has 0 aromatic heterocycles. The minimum Gasteiger partial charge on any atom is -0.489 e. The smallest absolute Gasteiger partial charge is 0.410 e. The van der Waals surface area contributed by atoms with Crippen LogP contribution in [0.5, 0.6) is 5.75 Å². The minimum absolute atomic E-state index is 0.0874. The summed E-state index contributed by atoms with van der Waals surface area (Å²) in [7, 11) is 0. The zero-order chi connectivity index (χ0) is 24.6. The third kappa shape index (κ3) is 5.09. The summed E-state index contributed by atoms with van der Waals surface area (Å²) in [4.78, 5) is 51.6. The third-order valence-electron chi connectivity index (χ3n) is 6.07. The van der Waals surface area contributed by atoms with Crippen molar-refractivity contribution in [2.45, 2.75) is 57.8 Å². The van der Waals surface area contributed by atoms with Crippen LogP contribution in [0.25, 0.3) is 0 Å². The zero-order valence-corrected chi connectivity index (χ0v) is 19.6. The molecule has 0 saturated carbocycles. The minimum atomic E-state index is -1.09. The fourth-order valence-corrected chi connectivity index (χ4v) is 4.41. The molecule has 11 nitrogen and oxygen atoms in total. The molecule has 184 valence electrons. The zero-order valence-electron chi connectivity index (χ0n) is 19.6. The first-order valence-corrected chi connectivity index (χ1v) is 11.4. The highest BCUT2D eigenvalue weighted by Crippen LogP contribution is 2.38. The number of carboxylic acid groups (broad SMARTS) is 1. The topological polar surface area (TPSA) is 138 Å². The van der Waals surface area contributed by atoms with Gasteiger partial charge < -0.3 is 29.7 Å². The lowest BCUT2D eigenvalue weighted by atomic mass is 10.0. The molecule has 0 aliphatic carbocycles. The molecule has 2 atom stereocenters. The second-order valence-corrected chi connectivity index (χ2v) is 9.75. The molecule has 3 aliphatic rings. The van der Waals surface area contributed by atoms with E-state index in [2.05, 4.69) is 15.5 Å². The number of piperidine rings is 1. The van der Waals surface area contributed by atoms with Gasteiger partial charge in [0.25, 0.3) is 0 Å². The number of hydrogen-bond donors (Lipinski definition) is 3. The van der Waals surface area contributed by atoms with E-state index >= 15 is 0 Å². The monoisotopic (exact) mass is 474 g/mol. The highest BCUT2D eigenvalue weighted by atomic mass is 16.6. The molecule has 1 aromatic carbocycles. The third-order valence-corrected chi connectivity index (χ3v) is 6.07. The van der Waals surface area contributed by atoms with Crippen molar-refractivity contribution in [3.05, 3.63) is 23.3 Å². The van der Waals surface area contributed by atoms with E-state index in [1.807, 2.05) is 20.8 Å². The van der Waals surface area contributed by atoms with Crippen LogP contribution in [0.15, 0.2) is 12.1 Å². The average molecular weight is 475 g/mol. The van der Waals surface area contributed by atoms with Gasteiger partial charge in [-0.2, -0.15) is 0 Å². The van der Waals surface area contributed by atoms with Crippen LogP contribution in [0.1, 0.15) is 49.5 Å². The van der Waals surface area contributed by atoms with Crippen molar-refractivity contribution in [2.75, 3.05) is 31.1 Å². The van der Waals surface area contributed by atoms with Crippen LogP contribution >= 0.6 is 0 Å². The van der Waals surface area contributed by atoms with E-state index < -0.39 is 23.5 Å². The molecule has 2 fully saturated rings. The standard InChI is InChI=1S/C23H30N4O7/c1-23(2,3)34-22(32)26-6-7-27-14(11-26)12-33-18-9-15(21(30)31)13(8-17(18)27)10-24-16-4-5-19(28)25-20(16)29/h8-9,14,16,24H,4-7,10-12H2,1-3H3,(H,30,31)(H,25,28,29)/t14-,16?/m0/s1. The Hall–Kier alpha value is -3.34. The molecule has 11 heteroatoms. The largest absolute Gasteiger partial charge is 0.489 e. The number of ether oxygens (including phenoxy) is 2. The van der Waals surface area contributed by atoms with E-state index in [4.69, 9.17) is 9.47 Å². The van der Waals surface area contributed by atoms with E-state index in [0.717, 1.165) is 5.69 Å². The molecule has 34 heavy (non-hydrogen) atoms. The Morgan fingerprint density at radius 3 is 2.71 bits per heavy atom. The van der Waals surface area contributed by atoms with Gasteiger partial charge in [0.15, 0.2) is 0 Å². The normalized spacial score (nSPS) is 22.3. The van der Waals surface area contributed by atoms with Gasteiger partial charge in [-0.1, -0.05) is 0 Å². The van der Waals surface area contributed by atoms with Gasteiger partial charge in [0.1, 0.15) is 18.0 Å². The second kappa shape index (κ2) is 9.13. The summed E-state index contributed by atoms with van der Waals surface area (Å²) >= 11 is 0. The summed E-state index contributed by atoms with van der Waals surface area (Å²) in [5, 5.41) is 15.1. The van der Waals surface area contributed by atoms with Crippen LogP contribution in [-0.2, 0) is 20.9 Å². The number of hydrogen-bond acceptors (Lipinski definition) is 8. The lowest BCUT2D eigenvalue weighted by Crippen LogP contribution is -2.59. The Morgan fingerprint density at radius 2 is 2.03 bits per heavy atom. The number of amides is 3. The number of imide groups is 1. The number of piperazine rings is 1. The molecular formula is C23H30N4O7. The number of anilines is 1. The van der Waals surface area contributed by atoms with Gasteiger partial charge in [-0.05, 0) is 44.9 Å². The van der Waals surface area contributed by atoms with Crippen LogP contribution in [0.3, 0.4) is 0 Å². The number of carbonyl (C=O) groups is 4. The van der Waals surface area contributed by atoms with Gasteiger partial charge in [0.05, 0.1) is 23.3 Å². The molecule has 4 rings (SSSR count). The highest BCUT2D eigenvalue weighted by molar-refractivity contribution is 6.00. The molecule has 1 unspecified atom stereocenters. The maximum absolute atomic E-state index is 12.5. The maximum Gasteiger partial charge on any atom is 0.410 e. The van der Waals surface area contributed by atoms with Crippen LogP contribution in [0.4, 0.5) is 10.5 Å². The first kappa shape index (κ1) is 23.8. The fourth-order valence-electron chi connectivity index (χ4n) is 4.41. The van der Waals surface area contributed by atoms with Crippen LogP contribution in [0.2, 0.25) is 0 Å². The molecule has 1 aromatic rings. The van der Waals surface area contributed by atoms with Crippen LogP contribution in [0, 0.1) is 0 Å². The van der Waals surface area contributed by atoms with E-state index in [1.54, 1.807) is 11.0 Å². The molecule has 3 heterocycles. The number of fused-ring (bicyclic) bond motifs is 3. The van der Waals surface area contributed by atoms with Gasteiger partial charge in [-0.25, -0.2) is 9.59 Å². The average Bonchev–Trinajstić information content (AvgIpc) is 2.76. The van der Waals surface area contributed by atoms with Crippen molar-refractivity contribution in [1.29, 1.82) is 0 Å². The Morgan fingerprint density at radius 1 is 1.26 bits per heavy atom. The Labute approximate surface area is 197 Å². The van der Waals surface area contributed by atoms with E-state index in [0.29, 0.717) is 44.0 Å². The predicted molar refractivity (Wildman–Crippen MR) is 121 cm³/mol. The van der Waals surface area contributed by atoms with Gasteiger partial charge in [0, 0.05) is 32.6 Å². The number of aromatic carboxylic acids is 1. The van der Waals surface area contributed by atoms with Crippen molar-refractivity contribution >= 4 is 29.6 Å². The van der Waals surface area contributed by atoms with Gasteiger partial charge in [0.2, 0.25) is 11.8 Å². The molecular weight excluding hydrogens is 444 g/mol. The van der Waals surface area contributed by atoms with E-state index in [-0.39, 0.29) is 36.6 Å². The quantitative estimate of drug-likeness (QED) is 0.548. The summed E-state index contributed by atoms with van der Waals surface area (Å²) in [6.45, 7) is 7.38. The Kier molecular flexibility index (Phi) is 6.39. The number of rotatable bonds is 4. The van der Waals surface area contributed by atoms with E-state index in [1.165, 1.54) is 6.07 Å². The Bertz CT molecular complexity index is 1020. The summed E-state index contributed by atoms with van der Waals surface area (Å²) in [6.07, 6.45) is 0.223. The molecule has 2 saturated heterocycles. The summed E-state index contributed by atoms with van der Waals surface area (Å²) in [5.74, 6) is -1.34. The van der Waals surface area contributed by atoms with Crippen molar-refractivity contribution in [3.63, 3.8) is 0 Å². The number of nitrogens with one attached hydrogen (secondary N) is 2. The highest BCUT2D eigenvalue weighted by Gasteiger charge is 2.37. The molecule has 3 N–H and O–H groups in total. The summed E-state index contributed by atoms with van der Waals surface area (Å²) in [5.41, 5.74) is 0.769. The number of benzene rings is 1. The molecule has 0 bridgehead atoms. The first-order valence-electron chi connectivity index (χ1n) is 11.4. The summed E-state index contributed by atoms with van der Waals surface area (Å²) < 4.78 is 11.4. The molecule has 0 spiro atoms. The molecule has 3 amide bonds. The fraction of sp³-hybridized carbons (Fsp3) is 0.565. The van der Waals surface area contributed by atoms with E-state index in [9.17, 15) is 24.3 Å². The maximum atomic E-state index is 12.5. The predicted octanol–water partition coefficient (Wildman–Crippen LogP) is 1.10. The van der Waals surface area contributed by atoms with Crippen molar-refractivity contribution in [3.8, 4) is 5.75 Å². The second-order valence-electron chi connectivity index (χ2n) is 9.75. The number of carbonyl (C=O) groups excluding carboxylic acids is 3. The molecule has 3 aliphatic heterocycles. The Balaban J connectivity index is 1.51. The lowest BCUT2D eigenvalue weighted by Gasteiger charge is -2.45. The molecule has 0 radical (unpaired) electrons. The van der Waals surface area contributed by atoms with Gasteiger partial charge in [-0.15, -0.1) is 0 Å². The number of nitrogens with zero attached hydrogens (tertiary/aromatic N) is 2. The van der Waals surface area contributed by atoms with Crippen LogP contribution in [-0.4, -0.2) is 77.8 Å². The lowest BCUT2D eigenvalue weighted by molar-refractivity contribution is -0.134. The number of carboxylic acids is 1. The van der Waals surface area contributed by atoms with Crippen molar-refractivity contribution in [1.82, 2.24) is 15.5 Å². The van der Waals surface area contributed by atoms with Crippen molar-refractivity contribution < 1.29 is 33.8 Å². The SMILES string of the molecule is CC(C)(C)OC(=O)N1CCN2c3cc(CNC4CCC(=O)NC4=O)c(C(=O)O)cc3OC[C@@H]2C1. The van der Waals surface area contributed by atoms with Gasteiger partial charge >= 0.3 is 12.1 Å².